The molecule has 0 spiro atoms. The van der Waals surface area contributed by atoms with E-state index >= 15 is 0 Å². The summed E-state index contributed by atoms with van der Waals surface area (Å²) >= 11 is 0. The largest absolute Gasteiger partial charge is 0.304 e. The average Bonchev–Trinajstić information content (AvgIpc) is 3.02. The number of aryl methyl sites for hydroxylation is 1. The lowest BCUT2D eigenvalue weighted by atomic mass is 10.1. The first-order valence-electron chi connectivity index (χ1n) is 7.56. The molecular formula is C19H15N5. The molecule has 0 unspecified atom stereocenters. The summed E-state index contributed by atoms with van der Waals surface area (Å²) in [5.41, 5.74) is 3.14. The molecule has 0 fully saturated rings. The van der Waals surface area contributed by atoms with Crippen LogP contribution in [0.2, 0.25) is 0 Å². The van der Waals surface area contributed by atoms with E-state index in [1.165, 1.54) is 0 Å². The summed E-state index contributed by atoms with van der Waals surface area (Å²) in [6.07, 6.45) is 0. The molecule has 0 aliphatic rings. The Hall–Kier alpha value is -3.44. The normalized spacial score (nSPS) is 11.5. The van der Waals surface area contributed by atoms with Crippen LogP contribution in [0.15, 0.2) is 48.5 Å². The Labute approximate surface area is 140 Å². The Kier molecular flexibility index (Phi) is 4.09. The fourth-order valence-electron chi connectivity index (χ4n) is 2.74. The third-order valence-corrected chi connectivity index (χ3v) is 4.03. The summed E-state index contributed by atoms with van der Waals surface area (Å²) in [6.45, 7) is 3.97. The van der Waals surface area contributed by atoms with Gasteiger partial charge in [-0.05, 0) is 43.7 Å². The number of nitrogens with zero attached hydrogens (tertiary/aromatic N) is 5. The van der Waals surface area contributed by atoms with Crippen molar-refractivity contribution in [2.45, 2.75) is 19.9 Å². The Morgan fingerprint density at radius 3 is 2.33 bits per heavy atom. The van der Waals surface area contributed by atoms with Gasteiger partial charge in [-0.1, -0.05) is 24.3 Å². The van der Waals surface area contributed by atoms with E-state index in [1.54, 1.807) is 6.07 Å². The quantitative estimate of drug-likeness (QED) is 0.740. The summed E-state index contributed by atoms with van der Waals surface area (Å²) in [7, 11) is 0. The Morgan fingerprint density at radius 1 is 0.958 bits per heavy atom. The highest BCUT2D eigenvalue weighted by Crippen LogP contribution is 2.27. The minimum atomic E-state index is 0.00786. The summed E-state index contributed by atoms with van der Waals surface area (Å²) < 4.78 is 2.04. The van der Waals surface area contributed by atoms with Crippen molar-refractivity contribution in [3.63, 3.8) is 0 Å². The predicted molar refractivity (Wildman–Crippen MR) is 89.9 cm³/mol. The molecule has 116 valence electrons. The molecule has 0 saturated heterocycles. The first kappa shape index (κ1) is 15.5. The lowest BCUT2D eigenvalue weighted by Gasteiger charge is -2.18. The molecule has 1 heterocycles. The van der Waals surface area contributed by atoms with Gasteiger partial charge < -0.3 is 4.57 Å². The van der Waals surface area contributed by atoms with E-state index < -0.39 is 0 Å². The Bertz CT molecular complexity index is 955. The zero-order valence-corrected chi connectivity index (χ0v) is 13.4. The van der Waals surface area contributed by atoms with Gasteiger partial charge in [-0.25, -0.2) is 0 Å². The van der Waals surface area contributed by atoms with Crippen LogP contribution in [0.4, 0.5) is 0 Å². The molecule has 0 aliphatic heterocycles. The molecule has 5 nitrogen and oxygen atoms in total. The van der Waals surface area contributed by atoms with Gasteiger partial charge in [0.2, 0.25) is 0 Å². The molecule has 1 atom stereocenters. The first-order chi connectivity index (χ1) is 11.6. The molecule has 0 aliphatic carbocycles. The number of nitriles is 2. The van der Waals surface area contributed by atoms with Crippen LogP contribution >= 0.6 is 0 Å². The van der Waals surface area contributed by atoms with E-state index in [4.69, 9.17) is 10.5 Å². The Balaban J connectivity index is 2.06. The van der Waals surface area contributed by atoms with Crippen molar-refractivity contribution in [3.8, 4) is 23.5 Å². The van der Waals surface area contributed by atoms with Gasteiger partial charge in [-0.2, -0.15) is 10.5 Å². The van der Waals surface area contributed by atoms with Gasteiger partial charge in [0, 0.05) is 5.56 Å². The molecule has 24 heavy (non-hydrogen) atoms. The highest BCUT2D eigenvalue weighted by molar-refractivity contribution is 5.58. The fraction of sp³-hybridized carbons (Fsp3) is 0.158. The van der Waals surface area contributed by atoms with Crippen LogP contribution < -0.4 is 0 Å². The summed E-state index contributed by atoms with van der Waals surface area (Å²) in [5, 5.41) is 26.5. The second-order valence-corrected chi connectivity index (χ2v) is 5.54. The maximum absolute atomic E-state index is 9.10. The van der Waals surface area contributed by atoms with Crippen LogP contribution in [-0.2, 0) is 0 Å². The lowest BCUT2D eigenvalue weighted by Crippen LogP contribution is -2.10. The molecule has 1 aromatic heterocycles. The molecular weight excluding hydrogens is 298 g/mol. The number of benzene rings is 2. The number of aromatic nitrogens is 3. The topological polar surface area (TPSA) is 78.3 Å². The minimum Gasteiger partial charge on any atom is -0.304 e. The molecule has 0 saturated carbocycles. The van der Waals surface area contributed by atoms with E-state index in [9.17, 15) is 0 Å². The van der Waals surface area contributed by atoms with Crippen molar-refractivity contribution < 1.29 is 0 Å². The highest BCUT2D eigenvalue weighted by atomic mass is 15.3. The summed E-state index contributed by atoms with van der Waals surface area (Å²) in [5.74, 6) is 1.52. The third kappa shape index (κ3) is 2.76. The van der Waals surface area contributed by atoms with Crippen molar-refractivity contribution in [1.29, 1.82) is 10.5 Å². The van der Waals surface area contributed by atoms with Crippen LogP contribution in [0.1, 0.15) is 35.5 Å². The highest BCUT2D eigenvalue weighted by Gasteiger charge is 2.18. The van der Waals surface area contributed by atoms with E-state index in [2.05, 4.69) is 29.3 Å². The molecule has 0 N–H and O–H groups in total. The van der Waals surface area contributed by atoms with Crippen molar-refractivity contribution in [2.24, 2.45) is 0 Å². The van der Waals surface area contributed by atoms with E-state index in [0.29, 0.717) is 11.1 Å². The second-order valence-electron chi connectivity index (χ2n) is 5.54. The van der Waals surface area contributed by atoms with Crippen molar-refractivity contribution >= 4 is 0 Å². The molecule has 0 amide bonds. The van der Waals surface area contributed by atoms with Crippen LogP contribution in [0.3, 0.4) is 0 Å². The average molecular weight is 313 g/mol. The minimum absolute atomic E-state index is 0.00786. The molecule has 3 rings (SSSR count). The van der Waals surface area contributed by atoms with Crippen LogP contribution in [-0.4, -0.2) is 14.8 Å². The molecule has 0 radical (unpaired) electrons. The predicted octanol–water partition coefficient (Wildman–Crippen LogP) is 3.61. The van der Waals surface area contributed by atoms with Crippen molar-refractivity contribution in [3.05, 3.63) is 71.0 Å². The maximum atomic E-state index is 9.10. The zero-order valence-electron chi connectivity index (χ0n) is 13.4. The van der Waals surface area contributed by atoms with E-state index in [1.807, 2.05) is 54.0 Å². The number of rotatable bonds is 3. The maximum Gasteiger partial charge on any atom is 0.164 e. The molecule has 0 bridgehead atoms. The van der Waals surface area contributed by atoms with Gasteiger partial charge >= 0.3 is 0 Å². The number of hydrogen-bond donors (Lipinski definition) is 0. The van der Waals surface area contributed by atoms with Crippen LogP contribution in [0, 0.1) is 29.6 Å². The van der Waals surface area contributed by atoms with Gasteiger partial charge in [-0.15, -0.1) is 10.2 Å². The SMILES string of the molecule is Cc1nnc(-c2cccc(C#N)c2)n1[C@H](C)c1ccc(C#N)cc1. The lowest BCUT2D eigenvalue weighted by molar-refractivity contribution is 0.624. The van der Waals surface area contributed by atoms with Crippen molar-refractivity contribution in [2.75, 3.05) is 0 Å². The third-order valence-electron chi connectivity index (χ3n) is 4.03. The molecule has 2 aromatic carbocycles. The van der Waals surface area contributed by atoms with E-state index in [0.717, 1.165) is 22.8 Å². The monoisotopic (exact) mass is 313 g/mol. The van der Waals surface area contributed by atoms with E-state index in [-0.39, 0.29) is 6.04 Å². The second kappa shape index (κ2) is 6.36. The standard InChI is InChI=1S/C19H15N5/c1-13(17-8-6-15(11-20)7-9-17)24-14(2)22-23-19(24)18-5-3-4-16(10-18)12-21/h3-10,13H,1-2H3/t13-/m1/s1. The van der Waals surface area contributed by atoms with Crippen LogP contribution in [0.5, 0.6) is 0 Å². The van der Waals surface area contributed by atoms with Crippen LogP contribution in [0.25, 0.3) is 11.4 Å². The van der Waals surface area contributed by atoms with Crippen molar-refractivity contribution in [1.82, 2.24) is 14.8 Å². The smallest absolute Gasteiger partial charge is 0.164 e. The van der Waals surface area contributed by atoms with Gasteiger partial charge in [0.1, 0.15) is 5.82 Å². The first-order valence-corrected chi connectivity index (χ1v) is 7.56. The van der Waals surface area contributed by atoms with Gasteiger partial charge in [-0.3, -0.25) is 0 Å². The molecule has 3 aromatic rings. The molecule has 5 heteroatoms. The zero-order chi connectivity index (χ0) is 17.1. The van der Waals surface area contributed by atoms with Gasteiger partial charge in [0.25, 0.3) is 0 Å². The fourth-order valence-corrected chi connectivity index (χ4v) is 2.74. The summed E-state index contributed by atoms with van der Waals surface area (Å²) in [4.78, 5) is 0. The van der Waals surface area contributed by atoms with Gasteiger partial charge in [0.15, 0.2) is 5.82 Å². The Morgan fingerprint density at radius 2 is 1.67 bits per heavy atom. The number of hydrogen-bond acceptors (Lipinski definition) is 4. The summed E-state index contributed by atoms with van der Waals surface area (Å²) in [6, 6.07) is 19.1. The van der Waals surface area contributed by atoms with Gasteiger partial charge in [0.05, 0.1) is 29.3 Å².